The van der Waals surface area contributed by atoms with Crippen LogP contribution in [0.4, 0.5) is 0 Å². The van der Waals surface area contributed by atoms with Gasteiger partial charge in [0, 0.05) is 47.8 Å². The lowest BCUT2D eigenvalue weighted by Crippen LogP contribution is -2.55. The van der Waals surface area contributed by atoms with Gasteiger partial charge in [-0.15, -0.1) is 23.1 Å². The van der Waals surface area contributed by atoms with E-state index in [1.807, 2.05) is 28.0 Å². The van der Waals surface area contributed by atoms with Crippen LogP contribution in [0.25, 0.3) is 0 Å². The van der Waals surface area contributed by atoms with Gasteiger partial charge < -0.3 is 14.9 Å². The number of thioether (sulfide) groups is 1. The summed E-state index contributed by atoms with van der Waals surface area (Å²) in [5, 5.41) is 12.9. The third-order valence-corrected chi connectivity index (χ3v) is 11.2. The number of carbonyl (C=O) groups is 1. The van der Waals surface area contributed by atoms with E-state index in [1.54, 1.807) is 0 Å². The first-order valence-corrected chi connectivity index (χ1v) is 14.9. The number of benzene rings is 1. The highest BCUT2D eigenvalue weighted by atomic mass is 32.2. The minimum absolute atomic E-state index is 0.0240. The van der Waals surface area contributed by atoms with Crippen LogP contribution < -0.4 is 0 Å². The third kappa shape index (κ3) is 4.94. The second kappa shape index (κ2) is 10.2. The molecule has 1 aromatic carbocycles. The van der Waals surface area contributed by atoms with Gasteiger partial charge in [-0.05, 0) is 55.7 Å². The minimum Gasteiger partial charge on any atom is -0.392 e. The van der Waals surface area contributed by atoms with E-state index in [2.05, 4.69) is 63.1 Å². The molecule has 0 spiro atoms. The summed E-state index contributed by atoms with van der Waals surface area (Å²) < 4.78 is 0. The first-order valence-electron chi connectivity index (χ1n) is 13.1. The fourth-order valence-electron chi connectivity index (χ4n) is 6.82. The molecule has 2 aliphatic carbocycles. The zero-order valence-electron chi connectivity index (χ0n) is 21.4. The first-order chi connectivity index (χ1) is 16.8. The van der Waals surface area contributed by atoms with Gasteiger partial charge in [0.15, 0.2) is 0 Å². The van der Waals surface area contributed by atoms with Crippen molar-refractivity contribution in [2.45, 2.75) is 62.7 Å². The van der Waals surface area contributed by atoms with Crippen molar-refractivity contribution in [2.75, 3.05) is 33.2 Å². The highest BCUT2D eigenvalue weighted by Crippen LogP contribution is 2.57. The summed E-state index contributed by atoms with van der Waals surface area (Å²) in [4.78, 5) is 25.4. The molecule has 1 aromatic heterocycles. The molecule has 3 aliphatic rings. The van der Waals surface area contributed by atoms with Crippen molar-refractivity contribution in [1.82, 2.24) is 14.8 Å². The lowest BCUT2D eigenvalue weighted by molar-refractivity contribution is -0.146. The Balaban J connectivity index is 1.30. The Morgan fingerprint density at radius 2 is 1.97 bits per heavy atom. The largest absolute Gasteiger partial charge is 0.392 e. The van der Waals surface area contributed by atoms with Crippen molar-refractivity contribution in [2.24, 2.45) is 23.2 Å². The maximum atomic E-state index is 13.3. The number of aliphatic hydroxyl groups excluding tert-OH is 1. The van der Waals surface area contributed by atoms with Gasteiger partial charge in [0.25, 0.3) is 0 Å². The molecule has 1 saturated carbocycles. The standard InChI is InChI=1S/C28H39N3O2S2/c1-18(27(33)31-14-12-30(4)13-15-31)21-10-11-28(3)16-22-25(19(2)24(28)26(21)32)29-23(35-22)17-34-20-8-6-5-7-9-20/h5-9,18-19,21,24,26,32H,10-17H2,1-4H3/t18-,19-,21+,24+,26-,28-/m0/s1. The Bertz CT molecular complexity index is 1040. The van der Waals surface area contributed by atoms with Crippen molar-refractivity contribution in [3.8, 4) is 0 Å². The van der Waals surface area contributed by atoms with Crippen LogP contribution in [0, 0.1) is 23.2 Å². The number of piperazine rings is 1. The molecule has 7 heteroatoms. The number of rotatable bonds is 5. The van der Waals surface area contributed by atoms with E-state index >= 15 is 0 Å². The van der Waals surface area contributed by atoms with Crippen molar-refractivity contribution in [3.05, 3.63) is 45.9 Å². The van der Waals surface area contributed by atoms with E-state index in [-0.39, 0.29) is 35.0 Å². The maximum Gasteiger partial charge on any atom is 0.225 e. The smallest absolute Gasteiger partial charge is 0.225 e. The van der Waals surface area contributed by atoms with E-state index in [9.17, 15) is 9.90 Å². The average molecular weight is 514 g/mol. The SMILES string of the molecule is C[C@H](C(=O)N1CCN(C)CC1)[C@H]1CC[C@@]2(C)Cc3sc(CSc4ccccc4)nc3[C@@H](C)[C@@H]2[C@H]1O. The lowest BCUT2D eigenvalue weighted by Gasteiger charge is -2.53. The molecule has 0 unspecified atom stereocenters. The zero-order valence-corrected chi connectivity index (χ0v) is 23.1. The van der Waals surface area contributed by atoms with Crippen LogP contribution in [-0.4, -0.2) is 65.1 Å². The van der Waals surface area contributed by atoms with Gasteiger partial charge >= 0.3 is 0 Å². The molecule has 1 aliphatic heterocycles. The van der Waals surface area contributed by atoms with Gasteiger partial charge in [0.1, 0.15) is 5.01 Å². The third-order valence-electron chi connectivity index (χ3n) is 8.92. The molecule has 5 rings (SSSR count). The topological polar surface area (TPSA) is 56.7 Å². The predicted octanol–water partition coefficient (Wildman–Crippen LogP) is 4.90. The van der Waals surface area contributed by atoms with Crippen molar-refractivity contribution >= 4 is 29.0 Å². The highest BCUT2D eigenvalue weighted by molar-refractivity contribution is 7.98. The molecule has 0 bridgehead atoms. The monoisotopic (exact) mass is 513 g/mol. The van der Waals surface area contributed by atoms with Gasteiger partial charge in [-0.2, -0.15) is 0 Å². The number of likely N-dealkylation sites (N-methyl/N-ethyl adjacent to an activating group) is 1. The Morgan fingerprint density at radius 1 is 1.26 bits per heavy atom. The van der Waals surface area contributed by atoms with Crippen molar-refractivity contribution < 1.29 is 9.90 Å². The van der Waals surface area contributed by atoms with E-state index in [0.29, 0.717) is 0 Å². The molecule has 1 N–H and O–H groups in total. The maximum absolute atomic E-state index is 13.3. The van der Waals surface area contributed by atoms with E-state index in [4.69, 9.17) is 4.98 Å². The summed E-state index contributed by atoms with van der Waals surface area (Å²) in [6.07, 6.45) is 2.52. The number of hydrogen-bond donors (Lipinski definition) is 1. The number of thiazole rings is 1. The van der Waals surface area contributed by atoms with Gasteiger partial charge in [-0.3, -0.25) is 4.79 Å². The molecule has 2 aromatic rings. The number of hydrogen-bond acceptors (Lipinski definition) is 6. The van der Waals surface area contributed by atoms with Gasteiger partial charge in [0.2, 0.25) is 5.91 Å². The van der Waals surface area contributed by atoms with Crippen LogP contribution in [0.3, 0.4) is 0 Å². The number of nitrogens with zero attached hydrogens (tertiary/aromatic N) is 3. The molecule has 2 fully saturated rings. The number of fused-ring (bicyclic) bond motifs is 2. The van der Waals surface area contributed by atoms with Gasteiger partial charge in [-0.25, -0.2) is 4.98 Å². The normalized spacial score (nSPS) is 32.1. The summed E-state index contributed by atoms with van der Waals surface area (Å²) in [7, 11) is 2.11. The Kier molecular flexibility index (Phi) is 7.33. The number of aromatic nitrogens is 1. The average Bonchev–Trinajstić information content (AvgIpc) is 3.25. The molecule has 1 amide bonds. The summed E-state index contributed by atoms with van der Waals surface area (Å²) in [5.41, 5.74) is 1.26. The second-order valence-corrected chi connectivity index (χ2v) is 13.5. The Morgan fingerprint density at radius 3 is 2.69 bits per heavy atom. The fraction of sp³-hybridized carbons (Fsp3) is 0.643. The molecule has 190 valence electrons. The number of aliphatic hydroxyl groups is 1. The summed E-state index contributed by atoms with van der Waals surface area (Å²) in [6, 6.07) is 10.5. The number of carbonyl (C=O) groups excluding carboxylic acids is 1. The molecule has 35 heavy (non-hydrogen) atoms. The van der Waals surface area contributed by atoms with Crippen LogP contribution in [0.2, 0.25) is 0 Å². The van der Waals surface area contributed by atoms with Crippen LogP contribution in [0.1, 0.15) is 55.1 Å². The quantitative estimate of drug-likeness (QED) is 0.577. The Labute approximate surface area is 218 Å². The molecule has 1 saturated heterocycles. The summed E-state index contributed by atoms with van der Waals surface area (Å²) in [6.45, 7) is 10.1. The van der Waals surface area contributed by atoms with E-state index in [1.165, 1.54) is 20.5 Å². The van der Waals surface area contributed by atoms with Gasteiger partial charge in [0.05, 0.1) is 17.6 Å². The van der Waals surface area contributed by atoms with Crippen LogP contribution in [0.5, 0.6) is 0 Å². The summed E-state index contributed by atoms with van der Waals surface area (Å²) >= 11 is 3.70. The van der Waals surface area contributed by atoms with Crippen LogP contribution in [-0.2, 0) is 17.0 Å². The summed E-state index contributed by atoms with van der Waals surface area (Å²) in [5.74, 6) is 1.35. The Hall–Kier alpha value is -1.41. The van der Waals surface area contributed by atoms with Crippen molar-refractivity contribution in [3.63, 3.8) is 0 Å². The molecule has 6 atom stereocenters. The molecule has 5 nitrogen and oxygen atoms in total. The fourth-order valence-corrected chi connectivity index (χ4v) is 9.10. The highest BCUT2D eigenvalue weighted by Gasteiger charge is 2.54. The second-order valence-electron chi connectivity index (χ2n) is 11.3. The van der Waals surface area contributed by atoms with Crippen molar-refractivity contribution in [1.29, 1.82) is 0 Å². The molecular formula is C28H39N3O2S2. The predicted molar refractivity (Wildman–Crippen MR) is 144 cm³/mol. The zero-order chi connectivity index (χ0) is 24.7. The number of amides is 1. The minimum atomic E-state index is -0.466. The van der Waals surface area contributed by atoms with Crippen LogP contribution in [0.15, 0.2) is 35.2 Å². The molecular weight excluding hydrogens is 474 g/mol. The van der Waals surface area contributed by atoms with E-state index < -0.39 is 6.10 Å². The van der Waals surface area contributed by atoms with Gasteiger partial charge in [-0.1, -0.05) is 39.0 Å². The molecule has 0 radical (unpaired) electrons. The van der Waals surface area contributed by atoms with Crippen LogP contribution >= 0.6 is 23.1 Å². The van der Waals surface area contributed by atoms with E-state index in [0.717, 1.165) is 51.2 Å². The first kappa shape index (κ1) is 25.2. The molecule has 2 heterocycles. The lowest BCUT2D eigenvalue weighted by atomic mass is 9.53.